The van der Waals surface area contributed by atoms with Gasteiger partial charge in [0.1, 0.15) is 6.04 Å². The van der Waals surface area contributed by atoms with Crippen molar-refractivity contribution in [2.24, 2.45) is 0 Å². The molecular weight excluding hydrogens is 406 g/mol. The van der Waals surface area contributed by atoms with E-state index >= 15 is 0 Å². The number of non-ortho nitro benzene ring substituents is 1. The maximum absolute atomic E-state index is 12.7. The number of carbonyl (C=O) groups excluding carboxylic acids is 1. The number of hydrogen-bond donors (Lipinski definition) is 1. The Labute approximate surface area is 168 Å². The number of nitro groups is 1. The van der Waals surface area contributed by atoms with Crippen LogP contribution in [0.3, 0.4) is 0 Å². The number of nitrogens with one attached hydrogen (secondary N) is 1. The molecule has 1 N–H and O–H groups in total. The van der Waals surface area contributed by atoms with Crippen LogP contribution in [0.2, 0.25) is 5.02 Å². The molecule has 0 heterocycles. The molecule has 1 amide bonds. The molecule has 0 spiro atoms. The first-order valence-electron chi connectivity index (χ1n) is 8.23. The van der Waals surface area contributed by atoms with Crippen molar-refractivity contribution in [1.82, 2.24) is 0 Å². The van der Waals surface area contributed by atoms with Crippen molar-refractivity contribution in [3.8, 4) is 0 Å². The first kappa shape index (κ1) is 21.6. The summed E-state index contributed by atoms with van der Waals surface area (Å²) in [4.78, 5) is 23.1. The fourth-order valence-electron chi connectivity index (χ4n) is 2.62. The van der Waals surface area contributed by atoms with Crippen molar-refractivity contribution < 1.29 is 18.1 Å². The van der Waals surface area contributed by atoms with E-state index in [0.717, 1.165) is 16.1 Å². The number of hydrogen-bond acceptors (Lipinski definition) is 5. The van der Waals surface area contributed by atoms with Gasteiger partial charge in [0.15, 0.2) is 0 Å². The van der Waals surface area contributed by atoms with E-state index in [0.29, 0.717) is 10.6 Å². The van der Waals surface area contributed by atoms with E-state index in [1.165, 1.54) is 31.2 Å². The van der Waals surface area contributed by atoms with Gasteiger partial charge in [0, 0.05) is 17.2 Å². The predicted molar refractivity (Wildman–Crippen MR) is 109 cm³/mol. The number of benzene rings is 2. The van der Waals surface area contributed by atoms with Gasteiger partial charge in [-0.15, -0.1) is 0 Å². The Morgan fingerprint density at radius 1 is 1.18 bits per heavy atom. The Kier molecular flexibility index (Phi) is 6.30. The topological polar surface area (TPSA) is 110 Å². The van der Waals surface area contributed by atoms with Crippen molar-refractivity contribution >= 4 is 44.6 Å². The second kappa shape index (κ2) is 8.15. The third kappa shape index (κ3) is 4.79. The third-order valence-corrected chi connectivity index (χ3v) is 5.84. The molecule has 2 rings (SSSR count). The van der Waals surface area contributed by atoms with Gasteiger partial charge in [0.05, 0.1) is 22.6 Å². The average molecular weight is 426 g/mol. The van der Waals surface area contributed by atoms with Crippen LogP contribution in [0.1, 0.15) is 18.1 Å². The highest BCUT2D eigenvalue weighted by atomic mass is 35.5. The summed E-state index contributed by atoms with van der Waals surface area (Å²) in [7, 11) is -3.81. The number of anilines is 2. The maximum atomic E-state index is 12.7. The third-order valence-electron chi connectivity index (χ3n) is 4.19. The van der Waals surface area contributed by atoms with Gasteiger partial charge in [0.25, 0.3) is 5.69 Å². The normalized spacial score (nSPS) is 12.3. The summed E-state index contributed by atoms with van der Waals surface area (Å²) in [5, 5.41) is 13.9. The lowest BCUT2D eigenvalue weighted by Crippen LogP contribution is -2.45. The quantitative estimate of drug-likeness (QED) is 0.561. The number of sulfonamides is 1. The number of halogens is 1. The standard InChI is InChI=1S/C18H20ClN3O5S/c1-11-5-7-14(9-16(11)19)21(28(4,26)27)13(3)18(23)20-17-10-15(22(24)25)8-6-12(17)2/h5-10,13H,1-4H3,(H,20,23)/t13-/m1/s1. The lowest BCUT2D eigenvalue weighted by atomic mass is 10.1. The Hall–Kier alpha value is -2.65. The van der Waals surface area contributed by atoms with Crippen LogP contribution in [0.15, 0.2) is 36.4 Å². The summed E-state index contributed by atoms with van der Waals surface area (Å²) in [6.07, 6.45) is 0.989. The molecule has 0 saturated carbocycles. The van der Waals surface area contributed by atoms with Crippen molar-refractivity contribution in [3.05, 3.63) is 62.7 Å². The van der Waals surface area contributed by atoms with Crippen molar-refractivity contribution in [2.45, 2.75) is 26.8 Å². The van der Waals surface area contributed by atoms with Crippen molar-refractivity contribution in [2.75, 3.05) is 15.9 Å². The first-order chi connectivity index (χ1) is 12.9. The van der Waals surface area contributed by atoms with E-state index in [9.17, 15) is 23.3 Å². The molecule has 2 aromatic rings. The fraction of sp³-hybridized carbons (Fsp3) is 0.278. The molecule has 2 aromatic carbocycles. The molecule has 150 valence electrons. The molecule has 8 nitrogen and oxygen atoms in total. The SMILES string of the molecule is Cc1ccc(N([C@H](C)C(=O)Nc2cc([N+](=O)[O-])ccc2C)S(C)(=O)=O)cc1Cl. The lowest BCUT2D eigenvalue weighted by molar-refractivity contribution is -0.384. The average Bonchev–Trinajstić information content (AvgIpc) is 2.58. The van der Waals surface area contributed by atoms with Crippen LogP contribution in [0.25, 0.3) is 0 Å². The van der Waals surface area contributed by atoms with E-state index in [4.69, 9.17) is 11.6 Å². The molecule has 0 aliphatic heterocycles. The molecule has 0 aromatic heterocycles. The highest BCUT2D eigenvalue weighted by Crippen LogP contribution is 2.28. The zero-order chi connectivity index (χ0) is 21.2. The van der Waals surface area contributed by atoms with Crippen LogP contribution in [0, 0.1) is 24.0 Å². The number of nitro benzene ring substituents is 1. The van der Waals surface area contributed by atoms with E-state index in [1.807, 2.05) is 0 Å². The Morgan fingerprint density at radius 3 is 2.32 bits per heavy atom. The van der Waals surface area contributed by atoms with Gasteiger partial charge in [0.2, 0.25) is 15.9 Å². The fourth-order valence-corrected chi connectivity index (χ4v) is 3.96. The van der Waals surface area contributed by atoms with Gasteiger partial charge < -0.3 is 5.32 Å². The molecular formula is C18H20ClN3O5S. The molecule has 0 saturated heterocycles. The van der Waals surface area contributed by atoms with Gasteiger partial charge in [-0.1, -0.05) is 23.7 Å². The monoisotopic (exact) mass is 425 g/mol. The van der Waals surface area contributed by atoms with E-state index in [2.05, 4.69) is 5.32 Å². The number of rotatable bonds is 6. The predicted octanol–water partition coefficient (Wildman–Crippen LogP) is 3.66. The summed E-state index contributed by atoms with van der Waals surface area (Å²) in [6, 6.07) is 7.63. The lowest BCUT2D eigenvalue weighted by Gasteiger charge is -2.28. The molecule has 0 aliphatic carbocycles. The van der Waals surface area contributed by atoms with Crippen molar-refractivity contribution in [1.29, 1.82) is 0 Å². The van der Waals surface area contributed by atoms with Gasteiger partial charge in [-0.25, -0.2) is 8.42 Å². The Balaban J connectivity index is 2.38. The van der Waals surface area contributed by atoms with E-state index < -0.39 is 26.9 Å². The van der Waals surface area contributed by atoms with Gasteiger partial charge >= 0.3 is 0 Å². The van der Waals surface area contributed by atoms with Crippen LogP contribution in [0.4, 0.5) is 17.1 Å². The van der Waals surface area contributed by atoms with Crippen LogP contribution >= 0.6 is 11.6 Å². The molecule has 28 heavy (non-hydrogen) atoms. The highest BCUT2D eigenvalue weighted by molar-refractivity contribution is 7.92. The number of nitrogens with zero attached hydrogens (tertiary/aromatic N) is 2. The van der Waals surface area contributed by atoms with Crippen LogP contribution in [-0.4, -0.2) is 31.5 Å². The summed E-state index contributed by atoms with van der Waals surface area (Å²) in [6.45, 7) is 4.88. The first-order valence-corrected chi connectivity index (χ1v) is 10.5. The minimum Gasteiger partial charge on any atom is -0.324 e. The van der Waals surface area contributed by atoms with E-state index in [1.54, 1.807) is 26.0 Å². The van der Waals surface area contributed by atoms with Crippen LogP contribution < -0.4 is 9.62 Å². The smallest absolute Gasteiger partial charge is 0.271 e. The van der Waals surface area contributed by atoms with E-state index in [-0.39, 0.29) is 17.1 Å². The maximum Gasteiger partial charge on any atom is 0.271 e. The molecule has 0 aliphatic rings. The summed E-state index contributed by atoms with van der Waals surface area (Å²) >= 11 is 6.10. The molecule has 0 bridgehead atoms. The summed E-state index contributed by atoms with van der Waals surface area (Å²) in [5.41, 5.74) is 1.68. The number of carbonyl (C=O) groups is 1. The minimum absolute atomic E-state index is 0.182. The zero-order valence-corrected chi connectivity index (χ0v) is 17.3. The number of aryl methyl sites for hydroxylation is 2. The zero-order valence-electron chi connectivity index (χ0n) is 15.8. The molecule has 1 atom stereocenters. The van der Waals surface area contributed by atoms with Crippen LogP contribution in [0.5, 0.6) is 0 Å². The largest absolute Gasteiger partial charge is 0.324 e. The summed E-state index contributed by atoms with van der Waals surface area (Å²) in [5.74, 6) is -0.634. The molecule has 10 heteroatoms. The molecule has 0 fully saturated rings. The van der Waals surface area contributed by atoms with Gasteiger partial charge in [-0.3, -0.25) is 19.2 Å². The number of amides is 1. The Bertz CT molecular complexity index is 1040. The highest BCUT2D eigenvalue weighted by Gasteiger charge is 2.30. The second-order valence-electron chi connectivity index (χ2n) is 6.41. The second-order valence-corrected chi connectivity index (χ2v) is 8.68. The van der Waals surface area contributed by atoms with Gasteiger partial charge in [-0.05, 0) is 44.0 Å². The molecule has 0 radical (unpaired) electrons. The van der Waals surface area contributed by atoms with Gasteiger partial charge in [-0.2, -0.15) is 0 Å². The Morgan fingerprint density at radius 2 is 1.79 bits per heavy atom. The van der Waals surface area contributed by atoms with Crippen molar-refractivity contribution in [3.63, 3.8) is 0 Å². The van der Waals surface area contributed by atoms with Crippen LogP contribution in [-0.2, 0) is 14.8 Å². The summed E-state index contributed by atoms with van der Waals surface area (Å²) < 4.78 is 25.7. The molecule has 0 unspecified atom stereocenters. The minimum atomic E-state index is -3.81.